The molecule has 7 heteroatoms. The molecule has 164 valence electrons. The Balaban J connectivity index is 1.98. The Morgan fingerprint density at radius 2 is 1.91 bits per heavy atom. The first-order valence-corrected chi connectivity index (χ1v) is 11.0. The minimum Gasteiger partial charge on any atom is -0.504 e. The lowest BCUT2D eigenvalue weighted by Crippen LogP contribution is -2.42. The number of Topliss-reactive ketones (excluding diaryl/α,β-unsaturated/α-hetero) is 1. The molecule has 0 fully saturated rings. The van der Waals surface area contributed by atoms with Gasteiger partial charge in [0, 0.05) is 27.9 Å². The highest BCUT2D eigenvalue weighted by Crippen LogP contribution is 2.50. The van der Waals surface area contributed by atoms with E-state index in [1.807, 2.05) is 29.2 Å². The highest BCUT2D eigenvalue weighted by atomic mass is 79.9. The molecule has 0 saturated heterocycles. The molecule has 1 heterocycles. The summed E-state index contributed by atoms with van der Waals surface area (Å²) >= 11 is 3.45. The van der Waals surface area contributed by atoms with Gasteiger partial charge in [-0.2, -0.15) is 5.26 Å². The molecule has 4 rings (SSSR count). The number of hydrogen-bond acceptors (Lipinski definition) is 6. The van der Waals surface area contributed by atoms with E-state index in [0.29, 0.717) is 35.5 Å². The molecule has 6 nitrogen and oxygen atoms in total. The van der Waals surface area contributed by atoms with Crippen molar-refractivity contribution in [2.75, 3.05) is 12.0 Å². The summed E-state index contributed by atoms with van der Waals surface area (Å²) in [4.78, 5) is 15.3. The lowest BCUT2D eigenvalue weighted by Gasteiger charge is -2.43. The number of rotatable bonds is 3. The number of carbonyl (C=O) groups is 1. The quantitative estimate of drug-likeness (QED) is 0.616. The molecule has 2 aliphatic rings. The normalized spacial score (nSPS) is 20.2. The minimum absolute atomic E-state index is 0.0149. The van der Waals surface area contributed by atoms with E-state index in [1.54, 1.807) is 18.2 Å². The van der Waals surface area contributed by atoms with Gasteiger partial charge in [0.25, 0.3) is 0 Å². The van der Waals surface area contributed by atoms with Crippen molar-refractivity contribution in [3.05, 3.63) is 75.2 Å². The Morgan fingerprint density at radius 1 is 1.22 bits per heavy atom. The van der Waals surface area contributed by atoms with Crippen molar-refractivity contribution in [1.82, 2.24) is 0 Å². The van der Waals surface area contributed by atoms with E-state index in [2.05, 4.69) is 35.8 Å². The maximum Gasteiger partial charge on any atom is 0.162 e. The van der Waals surface area contributed by atoms with Crippen LogP contribution in [0, 0.1) is 16.7 Å². The molecule has 32 heavy (non-hydrogen) atoms. The van der Waals surface area contributed by atoms with Crippen LogP contribution in [0.3, 0.4) is 0 Å². The topological polar surface area (TPSA) is 99.6 Å². The summed E-state index contributed by atoms with van der Waals surface area (Å²) in [6.45, 7) is 4.12. The summed E-state index contributed by atoms with van der Waals surface area (Å²) in [5, 5.41) is 20.5. The number of ketones is 1. The molecule has 1 atom stereocenters. The largest absolute Gasteiger partial charge is 0.504 e. The molecular formula is C25H24BrN3O3. The maximum absolute atomic E-state index is 13.5. The van der Waals surface area contributed by atoms with Gasteiger partial charge in [0.05, 0.1) is 24.7 Å². The first-order valence-electron chi connectivity index (χ1n) is 10.3. The first kappa shape index (κ1) is 22.0. The van der Waals surface area contributed by atoms with E-state index in [-0.39, 0.29) is 22.5 Å². The lowest BCUT2D eigenvalue weighted by molar-refractivity contribution is -0.118. The van der Waals surface area contributed by atoms with E-state index in [9.17, 15) is 15.2 Å². The van der Waals surface area contributed by atoms with Crippen LogP contribution in [0.2, 0.25) is 0 Å². The molecule has 1 unspecified atom stereocenters. The van der Waals surface area contributed by atoms with Gasteiger partial charge >= 0.3 is 0 Å². The monoisotopic (exact) mass is 493 g/mol. The van der Waals surface area contributed by atoms with Gasteiger partial charge in [-0.1, -0.05) is 35.8 Å². The molecular weight excluding hydrogens is 470 g/mol. The summed E-state index contributed by atoms with van der Waals surface area (Å²) in [5.41, 5.74) is 9.40. The predicted octanol–water partition coefficient (Wildman–Crippen LogP) is 5.10. The highest BCUT2D eigenvalue weighted by molar-refractivity contribution is 9.10. The Bertz CT molecular complexity index is 1210. The van der Waals surface area contributed by atoms with Gasteiger partial charge in [0.1, 0.15) is 5.82 Å². The number of aromatic hydroxyl groups is 1. The number of benzene rings is 2. The lowest BCUT2D eigenvalue weighted by atomic mass is 9.68. The van der Waals surface area contributed by atoms with Crippen LogP contribution in [0.4, 0.5) is 5.69 Å². The summed E-state index contributed by atoms with van der Waals surface area (Å²) in [6, 6.07) is 14.8. The van der Waals surface area contributed by atoms with Gasteiger partial charge in [-0.3, -0.25) is 9.69 Å². The van der Waals surface area contributed by atoms with E-state index in [0.717, 1.165) is 15.9 Å². The van der Waals surface area contributed by atoms with Gasteiger partial charge in [0.2, 0.25) is 0 Å². The number of nitrogens with two attached hydrogens (primary N) is 1. The molecule has 0 aromatic heterocycles. The molecule has 0 amide bonds. The average Bonchev–Trinajstić information content (AvgIpc) is 2.73. The Labute approximate surface area is 195 Å². The fourth-order valence-electron chi connectivity index (χ4n) is 4.61. The number of anilines is 1. The maximum atomic E-state index is 13.5. The van der Waals surface area contributed by atoms with Gasteiger partial charge in [0.15, 0.2) is 17.3 Å². The summed E-state index contributed by atoms with van der Waals surface area (Å²) in [6.07, 6.45) is 0.999. The SMILES string of the molecule is COc1ccc(C2C(C#N)=C(N)N(c3ccc(Br)cc3)C3=C2C(=O)CC(C)(C)C3)cc1O. The van der Waals surface area contributed by atoms with Crippen LogP contribution in [0.1, 0.15) is 38.2 Å². The number of hydrogen-bond donors (Lipinski definition) is 2. The zero-order valence-corrected chi connectivity index (χ0v) is 19.7. The number of methoxy groups -OCH3 is 1. The van der Waals surface area contributed by atoms with Crippen LogP contribution in [0.25, 0.3) is 0 Å². The predicted molar refractivity (Wildman–Crippen MR) is 126 cm³/mol. The smallest absolute Gasteiger partial charge is 0.162 e. The number of phenols is 1. The van der Waals surface area contributed by atoms with E-state index >= 15 is 0 Å². The number of nitrogens with zero attached hydrogens (tertiary/aromatic N) is 2. The zero-order valence-electron chi connectivity index (χ0n) is 18.1. The van der Waals surface area contributed by atoms with Gasteiger partial charge in [-0.15, -0.1) is 0 Å². The van der Waals surface area contributed by atoms with Crippen molar-refractivity contribution in [2.24, 2.45) is 11.1 Å². The van der Waals surface area contributed by atoms with Crippen LogP contribution in [0.15, 0.2) is 69.6 Å². The molecule has 0 spiro atoms. The second-order valence-corrected chi connectivity index (χ2v) is 9.80. The molecule has 2 aromatic rings. The third-order valence-electron chi connectivity index (χ3n) is 6.00. The number of phenolic OH excluding ortho intramolecular Hbond substituents is 1. The fourth-order valence-corrected chi connectivity index (χ4v) is 4.88. The van der Waals surface area contributed by atoms with Crippen LogP contribution >= 0.6 is 15.9 Å². The van der Waals surface area contributed by atoms with Crippen molar-refractivity contribution < 1.29 is 14.6 Å². The second kappa shape index (κ2) is 8.03. The Kier molecular flexibility index (Phi) is 5.51. The van der Waals surface area contributed by atoms with E-state index < -0.39 is 5.92 Å². The van der Waals surface area contributed by atoms with Gasteiger partial charge in [-0.25, -0.2) is 0 Å². The highest BCUT2D eigenvalue weighted by Gasteiger charge is 2.44. The van der Waals surface area contributed by atoms with Crippen molar-refractivity contribution in [3.8, 4) is 17.6 Å². The molecule has 1 aliphatic heterocycles. The summed E-state index contributed by atoms with van der Waals surface area (Å²) < 4.78 is 6.08. The second-order valence-electron chi connectivity index (χ2n) is 8.89. The third kappa shape index (κ3) is 3.65. The van der Waals surface area contributed by atoms with E-state index in [4.69, 9.17) is 10.5 Å². The molecule has 2 aromatic carbocycles. The number of nitriles is 1. The van der Waals surface area contributed by atoms with Crippen LogP contribution in [-0.4, -0.2) is 18.0 Å². The van der Waals surface area contributed by atoms with Gasteiger partial charge < -0.3 is 15.6 Å². The van der Waals surface area contributed by atoms with Crippen LogP contribution in [-0.2, 0) is 4.79 Å². The van der Waals surface area contributed by atoms with Crippen molar-refractivity contribution in [2.45, 2.75) is 32.6 Å². The standard InChI is InChI=1S/C25H24BrN3O3/c1-25(2)11-18-23(20(31)12-25)22(14-4-9-21(32-3)19(30)10-14)17(13-27)24(28)29(18)16-7-5-15(26)6-8-16/h4-10,22,30H,11-12,28H2,1-3H3. The Hall–Kier alpha value is -3.24. The third-order valence-corrected chi connectivity index (χ3v) is 6.53. The molecule has 3 N–H and O–H groups in total. The molecule has 0 bridgehead atoms. The van der Waals surface area contributed by atoms with Crippen LogP contribution < -0.4 is 15.4 Å². The number of carbonyl (C=O) groups excluding carboxylic acids is 1. The van der Waals surface area contributed by atoms with Crippen LogP contribution in [0.5, 0.6) is 11.5 Å². The minimum atomic E-state index is -0.651. The van der Waals surface area contributed by atoms with Crippen molar-refractivity contribution in [3.63, 3.8) is 0 Å². The van der Waals surface area contributed by atoms with Gasteiger partial charge in [-0.05, 0) is 53.8 Å². The summed E-state index contributed by atoms with van der Waals surface area (Å²) in [5.74, 6) is -0.107. The Morgan fingerprint density at radius 3 is 2.50 bits per heavy atom. The molecule has 1 aliphatic carbocycles. The van der Waals surface area contributed by atoms with Crippen molar-refractivity contribution in [1.29, 1.82) is 5.26 Å². The molecule has 0 saturated carbocycles. The number of halogens is 1. The number of allylic oxidation sites excluding steroid dienone is 3. The average molecular weight is 494 g/mol. The zero-order chi connectivity index (χ0) is 23.2. The van der Waals surface area contributed by atoms with Crippen molar-refractivity contribution >= 4 is 27.4 Å². The molecule has 0 radical (unpaired) electrons. The summed E-state index contributed by atoms with van der Waals surface area (Å²) in [7, 11) is 1.47. The first-order chi connectivity index (χ1) is 15.2. The number of ether oxygens (including phenoxy) is 1. The van der Waals surface area contributed by atoms with E-state index in [1.165, 1.54) is 7.11 Å². The fraction of sp³-hybridized carbons (Fsp3) is 0.280.